The zero-order valence-corrected chi connectivity index (χ0v) is 13.6. The van der Waals surface area contributed by atoms with Crippen molar-refractivity contribution in [1.29, 1.82) is 0 Å². The molecule has 2 unspecified atom stereocenters. The minimum atomic E-state index is -0.784. The van der Waals surface area contributed by atoms with Crippen molar-refractivity contribution in [3.63, 3.8) is 0 Å². The molecule has 2 N–H and O–H groups in total. The third-order valence-electron chi connectivity index (χ3n) is 3.73. The Hall–Kier alpha value is -0.660. The van der Waals surface area contributed by atoms with Gasteiger partial charge in [0.25, 0.3) is 0 Å². The second kappa shape index (κ2) is 6.87. The molecule has 5 nitrogen and oxygen atoms in total. The number of carbonyl (C=O) groups is 1. The summed E-state index contributed by atoms with van der Waals surface area (Å²) in [6.07, 6.45) is 3.66. The number of aryl methyl sites for hydroxylation is 1. The second-order valence-electron chi connectivity index (χ2n) is 5.09. The van der Waals surface area contributed by atoms with Gasteiger partial charge in [0.15, 0.2) is 4.34 Å². The van der Waals surface area contributed by atoms with Crippen molar-refractivity contribution in [3.8, 4) is 0 Å². The number of thioether (sulfide) groups is 1. The van der Waals surface area contributed by atoms with Crippen LogP contribution in [0.4, 0.5) is 0 Å². The molecule has 2 atom stereocenters. The Morgan fingerprint density at radius 3 is 3.10 bits per heavy atom. The first-order valence-electron chi connectivity index (χ1n) is 6.95. The van der Waals surface area contributed by atoms with E-state index in [1.54, 1.807) is 11.8 Å². The number of rotatable bonds is 6. The molecule has 1 aliphatic rings. The quantitative estimate of drug-likeness (QED) is 0.641. The van der Waals surface area contributed by atoms with E-state index in [0.717, 1.165) is 41.6 Å². The molecule has 0 aromatic carbocycles. The Labute approximate surface area is 127 Å². The smallest absolute Gasteiger partial charge is 0.326 e. The molecule has 0 radical (unpaired) electrons. The van der Waals surface area contributed by atoms with Gasteiger partial charge in [-0.15, -0.1) is 0 Å². The van der Waals surface area contributed by atoms with E-state index < -0.39 is 5.54 Å². The highest BCUT2D eigenvalue weighted by atomic mass is 32.2. The molecule has 1 aliphatic carbocycles. The van der Waals surface area contributed by atoms with Gasteiger partial charge < -0.3 is 10.5 Å². The Morgan fingerprint density at radius 1 is 1.65 bits per heavy atom. The highest BCUT2D eigenvalue weighted by Gasteiger charge is 2.46. The number of ether oxygens (including phenoxy) is 1. The maximum atomic E-state index is 12.0. The number of nitrogens with two attached hydrogens (primary N) is 1. The number of aromatic nitrogens is 2. The lowest BCUT2D eigenvalue weighted by molar-refractivity contribution is -0.151. The van der Waals surface area contributed by atoms with Crippen molar-refractivity contribution >= 4 is 29.3 Å². The van der Waals surface area contributed by atoms with Crippen LogP contribution in [-0.4, -0.2) is 33.2 Å². The fraction of sp³-hybridized carbons (Fsp3) is 0.769. The summed E-state index contributed by atoms with van der Waals surface area (Å²) >= 11 is 3.12. The average Bonchev–Trinajstić information content (AvgIpc) is 2.98. The zero-order valence-electron chi connectivity index (χ0n) is 11.9. The molecule has 1 aromatic heterocycles. The fourth-order valence-corrected chi connectivity index (χ4v) is 4.43. The minimum absolute atomic E-state index is 0.211. The Bertz CT molecular complexity index is 466. The van der Waals surface area contributed by atoms with Crippen molar-refractivity contribution < 1.29 is 9.53 Å². The van der Waals surface area contributed by atoms with Crippen LogP contribution in [0.15, 0.2) is 4.34 Å². The van der Waals surface area contributed by atoms with Crippen LogP contribution < -0.4 is 5.73 Å². The number of esters is 1. The van der Waals surface area contributed by atoms with Crippen LogP contribution >= 0.6 is 23.3 Å². The van der Waals surface area contributed by atoms with E-state index in [0.29, 0.717) is 6.61 Å². The second-order valence-corrected chi connectivity index (χ2v) is 7.19. The lowest BCUT2D eigenvalue weighted by Gasteiger charge is -2.28. The molecule has 1 heterocycles. The Kier molecular flexibility index (Phi) is 5.40. The molecule has 0 spiro atoms. The van der Waals surface area contributed by atoms with E-state index in [4.69, 9.17) is 10.5 Å². The number of hydrogen-bond acceptors (Lipinski definition) is 7. The summed E-state index contributed by atoms with van der Waals surface area (Å²) in [7, 11) is 0. The van der Waals surface area contributed by atoms with Gasteiger partial charge in [-0.1, -0.05) is 18.2 Å². The summed E-state index contributed by atoms with van der Waals surface area (Å²) in [6, 6.07) is 0. The first-order valence-corrected chi connectivity index (χ1v) is 8.71. The minimum Gasteiger partial charge on any atom is -0.465 e. The topological polar surface area (TPSA) is 78.1 Å². The summed E-state index contributed by atoms with van der Waals surface area (Å²) in [6.45, 7) is 4.10. The zero-order chi connectivity index (χ0) is 14.6. The summed E-state index contributed by atoms with van der Waals surface area (Å²) in [5.74, 6) is 1.71. The summed E-state index contributed by atoms with van der Waals surface area (Å²) in [5, 5.41) is 0. The highest BCUT2D eigenvalue weighted by molar-refractivity contribution is 8.00. The Morgan fingerprint density at radius 2 is 2.45 bits per heavy atom. The molecular formula is C13H21N3O2S2. The normalized spacial score (nSPS) is 25.9. The van der Waals surface area contributed by atoms with Crippen LogP contribution in [0, 0.1) is 12.8 Å². The van der Waals surface area contributed by atoms with E-state index in [2.05, 4.69) is 9.36 Å². The van der Waals surface area contributed by atoms with Crippen LogP contribution in [0.1, 0.15) is 38.4 Å². The van der Waals surface area contributed by atoms with Crippen LogP contribution in [0.2, 0.25) is 0 Å². The van der Waals surface area contributed by atoms with Crippen molar-refractivity contribution in [1.82, 2.24) is 9.36 Å². The maximum absolute atomic E-state index is 12.0. The molecule has 112 valence electrons. The largest absolute Gasteiger partial charge is 0.465 e. The third kappa shape index (κ3) is 3.51. The standard InChI is InChI=1S/C13H21N3O2S2/c1-3-18-11(17)13(14)7-4-5-10(13)6-8-19-12-15-9(2)16-20-12/h10H,3-8,14H2,1-2H3. The van der Waals surface area contributed by atoms with Crippen molar-refractivity contribution in [2.75, 3.05) is 12.4 Å². The van der Waals surface area contributed by atoms with E-state index in [1.165, 1.54) is 11.5 Å². The first kappa shape index (κ1) is 15.7. The van der Waals surface area contributed by atoms with E-state index in [1.807, 2.05) is 13.8 Å². The first-order chi connectivity index (χ1) is 9.56. The van der Waals surface area contributed by atoms with E-state index in [-0.39, 0.29) is 11.9 Å². The molecule has 0 aliphatic heterocycles. The SMILES string of the molecule is CCOC(=O)C1(N)CCCC1CCSc1nc(C)ns1. The fourth-order valence-electron chi connectivity index (χ4n) is 2.66. The maximum Gasteiger partial charge on any atom is 0.326 e. The van der Waals surface area contributed by atoms with E-state index in [9.17, 15) is 4.79 Å². The van der Waals surface area contributed by atoms with Gasteiger partial charge >= 0.3 is 5.97 Å². The molecule has 7 heteroatoms. The third-order valence-corrected chi connectivity index (χ3v) is 5.69. The molecule has 0 saturated heterocycles. The van der Waals surface area contributed by atoms with Crippen LogP contribution in [0.3, 0.4) is 0 Å². The van der Waals surface area contributed by atoms with Gasteiger partial charge in [-0.05, 0) is 50.6 Å². The van der Waals surface area contributed by atoms with Gasteiger partial charge in [0, 0.05) is 5.75 Å². The van der Waals surface area contributed by atoms with Crippen LogP contribution in [0.25, 0.3) is 0 Å². The van der Waals surface area contributed by atoms with Gasteiger partial charge in [-0.25, -0.2) is 4.98 Å². The lowest BCUT2D eigenvalue weighted by atomic mass is 9.86. The molecule has 20 heavy (non-hydrogen) atoms. The molecule has 0 amide bonds. The number of nitrogens with zero attached hydrogens (tertiary/aromatic N) is 2. The summed E-state index contributed by atoms with van der Waals surface area (Å²) in [5.41, 5.74) is 5.52. The average molecular weight is 315 g/mol. The van der Waals surface area contributed by atoms with Gasteiger partial charge in [0.1, 0.15) is 11.4 Å². The summed E-state index contributed by atoms with van der Waals surface area (Å²) in [4.78, 5) is 16.4. The summed E-state index contributed by atoms with van der Waals surface area (Å²) < 4.78 is 10.3. The predicted octanol–water partition coefficient (Wildman–Crippen LogP) is 2.39. The molecule has 1 fully saturated rings. The van der Waals surface area contributed by atoms with Gasteiger partial charge in [-0.2, -0.15) is 4.37 Å². The van der Waals surface area contributed by atoms with Gasteiger partial charge in [0.2, 0.25) is 0 Å². The molecule has 1 aromatic rings. The number of carbonyl (C=O) groups excluding carboxylic acids is 1. The molecular weight excluding hydrogens is 294 g/mol. The Balaban J connectivity index is 1.86. The van der Waals surface area contributed by atoms with Crippen LogP contribution in [0.5, 0.6) is 0 Å². The van der Waals surface area contributed by atoms with E-state index >= 15 is 0 Å². The van der Waals surface area contributed by atoms with Crippen molar-refractivity contribution in [2.24, 2.45) is 11.7 Å². The number of hydrogen-bond donors (Lipinski definition) is 1. The van der Waals surface area contributed by atoms with Crippen molar-refractivity contribution in [3.05, 3.63) is 5.82 Å². The monoisotopic (exact) mass is 315 g/mol. The molecule has 1 saturated carbocycles. The molecule has 2 rings (SSSR count). The predicted molar refractivity (Wildman–Crippen MR) is 80.9 cm³/mol. The van der Waals surface area contributed by atoms with Crippen LogP contribution in [-0.2, 0) is 9.53 Å². The molecule has 0 bridgehead atoms. The van der Waals surface area contributed by atoms with Gasteiger partial charge in [0.05, 0.1) is 6.61 Å². The lowest BCUT2D eigenvalue weighted by Crippen LogP contribution is -2.52. The van der Waals surface area contributed by atoms with Crippen molar-refractivity contribution in [2.45, 2.75) is 49.4 Å². The van der Waals surface area contributed by atoms with Gasteiger partial charge in [-0.3, -0.25) is 4.79 Å². The highest BCUT2D eigenvalue weighted by Crippen LogP contribution is 2.38.